The topological polar surface area (TPSA) is 66.5 Å². The van der Waals surface area contributed by atoms with Gasteiger partial charge in [-0.2, -0.15) is 0 Å². The molecular weight excluding hydrogens is 295 g/mol. The van der Waals surface area contributed by atoms with E-state index in [-0.39, 0.29) is 24.8 Å². The number of benzene rings is 1. The highest BCUT2D eigenvalue weighted by molar-refractivity contribution is 7.88. The first-order valence-electron chi connectivity index (χ1n) is 6.73. The molecule has 0 aliphatic carbocycles. The van der Waals surface area contributed by atoms with Gasteiger partial charge in [0.2, 0.25) is 15.9 Å². The van der Waals surface area contributed by atoms with Crippen LogP contribution in [0.2, 0.25) is 0 Å². The second-order valence-corrected chi connectivity index (χ2v) is 7.39. The molecule has 1 aromatic rings. The summed E-state index contributed by atoms with van der Waals surface area (Å²) in [7, 11) is -3.27. The van der Waals surface area contributed by atoms with E-state index >= 15 is 0 Å². The van der Waals surface area contributed by atoms with Crippen LogP contribution in [0.5, 0.6) is 0 Å². The summed E-state index contributed by atoms with van der Waals surface area (Å²) in [5, 5.41) is 2.82. The van der Waals surface area contributed by atoms with Crippen LogP contribution >= 0.6 is 0 Å². The van der Waals surface area contributed by atoms with Crippen LogP contribution in [0.25, 0.3) is 0 Å². The van der Waals surface area contributed by atoms with Gasteiger partial charge < -0.3 is 5.32 Å². The molecule has 21 heavy (non-hydrogen) atoms. The smallest absolute Gasteiger partial charge is 0.217 e. The van der Waals surface area contributed by atoms with E-state index in [1.54, 1.807) is 18.2 Å². The molecule has 0 bridgehead atoms. The highest BCUT2D eigenvalue weighted by Crippen LogP contribution is 2.35. The third-order valence-electron chi connectivity index (χ3n) is 3.85. The Morgan fingerprint density at radius 2 is 1.86 bits per heavy atom. The highest BCUT2D eigenvalue weighted by atomic mass is 32.2. The third-order valence-corrected chi connectivity index (χ3v) is 5.15. The van der Waals surface area contributed by atoms with E-state index in [0.717, 1.165) is 6.26 Å². The maximum Gasteiger partial charge on any atom is 0.217 e. The Kier molecular flexibility index (Phi) is 4.34. The summed E-state index contributed by atoms with van der Waals surface area (Å²) in [6, 6.07) is 6.29. The van der Waals surface area contributed by atoms with E-state index in [1.807, 2.05) is 0 Å². The molecule has 1 amide bonds. The van der Waals surface area contributed by atoms with E-state index in [0.29, 0.717) is 18.4 Å². The van der Waals surface area contributed by atoms with Gasteiger partial charge in [0.15, 0.2) is 0 Å². The van der Waals surface area contributed by atoms with Gasteiger partial charge in [-0.05, 0) is 18.9 Å². The van der Waals surface area contributed by atoms with Gasteiger partial charge in [-0.1, -0.05) is 18.2 Å². The van der Waals surface area contributed by atoms with Crippen LogP contribution in [0.4, 0.5) is 4.39 Å². The predicted octanol–water partition coefficient (Wildman–Crippen LogP) is 1.21. The molecule has 0 aromatic heterocycles. The van der Waals surface area contributed by atoms with Crippen molar-refractivity contribution in [2.75, 3.05) is 19.3 Å². The predicted molar refractivity (Wildman–Crippen MR) is 77.5 cm³/mol. The van der Waals surface area contributed by atoms with Gasteiger partial charge in [0.05, 0.1) is 11.8 Å². The van der Waals surface area contributed by atoms with E-state index in [9.17, 15) is 17.6 Å². The molecule has 2 rings (SSSR count). The summed E-state index contributed by atoms with van der Waals surface area (Å²) in [5.74, 6) is -0.648. The number of piperidine rings is 1. The van der Waals surface area contributed by atoms with Crippen LogP contribution in [0.15, 0.2) is 24.3 Å². The molecule has 1 aliphatic heterocycles. The fourth-order valence-corrected chi connectivity index (χ4v) is 3.69. The molecule has 7 heteroatoms. The Labute approximate surface area is 124 Å². The lowest BCUT2D eigenvalue weighted by molar-refractivity contribution is -0.121. The van der Waals surface area contributed by atoms with Gasteiger partial charge >= 0.3 is 0 Å². The number of sulfonamides is 1. The van der Waals surface area contributed by atoms with E-state index in [1.165, 1.54) is 17.3 Å². The van der Waals surface area contributed by atoms with E-state index in [2.05, 4.69) is 5.32 Å². The SMILES string of the molecule is CC(=O)NC1(c2ccccc2F)CCN(S(C)(=O)=O)CC1. The van der Waals surface area contributed by atoms with Crippen LogP contribution in [-0.2, 0) is 20.4 Å². The quantitative estimate of drug-likeness (QED) is 0.912. The molecule has 1 fully saturated rings. The summed E-state index contributed by atoms with van der Waals surface area (Å²) >= 11 is 0. The number of amides is 1. The van der Waals surface area contributed by atoms with Crippen molar-refractivity contribution < 1.29 is 17.6 Å². The zero-order valence-corrected chi connectivity index (χ0v) is 12.9. The van der Waals surface area contributed by atoms with Crippen LogP contribution < -0.4 is 5.32 Å². The Morgan fingerprint density at radius 1 is 1.29 bits per heavy atom. The maximum atomic E-state index is 14.1. The minimum atomic E-state index is -3.27. The van der Waals surface area contributed by atoms with Crippen LogP contribution in [-0.4, -0.2) is 38.0 Å². The molecule has 1 aliphatic rings. The normalized spacial score (nSPS) is 19.2. The Hall–Kier alpha value is -1.47. The molecule has 116 valence electrons. The van der Waals surface area contributed by atoms with Crippen molar-refractivity contribution in [3.05, 3.63) is 35.6 Å². The van der Waals surface area contributed by atoms with Crippen LogP contribution in [0.3, 0.4) is 0 Å². The summed E-state index contributed by atoms with van der Waals surface area (Å²) in [5.41, 5.74) is -0.438. The highest BCUT2D eigenvalue weighted by Gasteiger charge is 2.40. The second-order valence-electron chi connectivity index (χ2n) is 5.41. The fraction of sp³-hybridized carbons (Fsp3) is 0.500. The first kappa shape index (κ1) is 15.9. The van der Waals surface area contributed by atoms with Crippen molar-refractivity contribution in [1.29, 1.82) is 0 Å². The molecule has 5 nitrogen and oxygen atoms in total. The molecule has 1 N–H and O–H groups in total. The van der Waals surface area contributed by atoms with Gasteiger partial charge in [0.25, 0.3) is 0 Å². The molecular formula is C14H19FN2O3S. The van der Waals surface area contributed by atoms with E-state index < -0.39 is 15.6 Å². The monoisotopic (exact) mass is 314 g/mol. The first-order chi connectivity index (χ1) is 9.74. The molecule has 0 radical (unpaired) electrons. The van der Waals surface area contributed by atoms with Crippen LogP contribution in [0, 0.1) is 5.82 Å². The fourth-order valence-electron chi connectivity index (χ4n) is 2.85. The van der Waals surface area contributed by atoms with Crippen molar-refractivity contribution in [1.82, 2.24) is 9.62 Å². The van der Waals surface area contributed by atoms with Gasteiger partial charge in [-0.15, -0.1) is 0 Å². The Balaban J connectivity index is 2.34. The molecule has 0 saturated carbocycles. The molecule has 1 aromatic carbocycles. The Bertz CT molecular complexity index is 637. The zero-order valence-electron chi connectivity index (χ0n) is 12.1. The standard InChI is InChI=1S/C14H19FN2O3S/c1-11(18)16-14(12-5-3-4-6-13(12)15)7-9-17(10-8-14)21(2,19)20/h3-6H,7-10H2,1-2H3,(H,16,18). The number of nitrogens with one attached hydrogen (secondary N) is 1. The lowest BCUT2D eigenvalue weighted by Crippen LogP contribution is -2.53. The minimum Gasteiger partial charge on any atom is -0.347 e. The number of halogens is 1. The van der Waals surface area contributed by atoms with Crippen molar-refractivity contribution in [2.24, 2.45) is 0 Å². The molecule has 1 saturated heterocycles. The van der Waals surface area contributed by atoms with E-state index in [4.69, 9.17) is 0 Å². The second kappa shape index (κ2) is 5.73. The largest absolute Gasteiger partial charge is 0.347 e. The van der Waals surface area contributed by atoms with Crippen LogP contribution in [0.1, 0.15) is 25.3 Å². The number of carbonyl (C=O) groups is 1. The Morgan fingerprint density at radius 3 is 2.33 bits per heavy atom. The maximum absolute atomic E-state index is 14.1. The third kappa shape index (κ3) is 3.41. The number of nitrogens with zero attached hydrogens (tertiary/aromatic N) is 1. The molecule has 0 atom stereocenters. The van der Waals surface area contributed by atoms with Gasteiger partial charge in [-0.3, -0.25) is 4.79 Å². The average Bonchev–Trinajstić information content (AvgIpc) is 2.37. The van der Waals surface area contributed by atoms with Crippen molar-refractivity contribution in [3.8, 4) is 0 Å². The van der Waals surface area contributed by atoms with Gasteiger partial charge in [0.1, 0.15) is 5.82 Å². The summed E-state index contributed by atoms with van der Waals surface area (Å²) in [6.07, 6.45) is 1.85. The van der Waals surface area contributed by atoms with Gasteiger partial charge in [0, 0.05) is 25.6 Å². The van der Waals surface area contributed by atoms with Crippen molar-refractivity contribution in [3.63, 3.8) is 0 Å². The molecule has 0 unspecified atom stereocenters. The number of carbonyl (C=O) groups excluding carboxylic acids is 1. The van der Waals surface area contributed by atoms with Gasteiger partial charge in [-0.25, -0.2) is 17.1 Å². The lowest BCUT2D eigenvalue weighted by Gasteiger charge is -2.41. The van der Waals surface area contributed by atoms with Crippen molar-refractivity contribution >= 4 is 15.9 Å². The summed E-state index contributed by atoms with van der Waals surface area (Å²) < 4.78 is 38.6. The molecule has 1 heterocycles. The number of rotatable bonds is 3. The lowest BCUT2D eigenvalue weighted by atomic mass is 9.81. The first-order valence-corrected chi connectivity index (χ1v) is 8.58. The average molecular weight is 314 g/mol. The van der Waals surface area contributed by atoms with Crippen molar-refractivity contribution in [2.45, 2.75) is 25.3 Å². The minimum absolute atomic E-state index is 0.257. The zero-order chi connectivity index (χ0) is 15.7. The summed E-state index contributed by atoms with van der Waals surface area (Å²) in [6.45, 7) is 1.90. The molecule has 0 spiro atoms. The summed E-state index contributed by atoms with van der Waals surface area (Å²) in [4.78, 5) is 11.5. The number of hydrogen-bond donors (Lipinski definition) is 1. The number of hydrogen-bond acceptors (Lipinski definition) is 3.